The summed E-state index contributed by atoms with van der Waals surface area (Å²) in [6, 6.07) is 7.21. The molecule has 1 N–H and O–H groups in total. The third kappa shape index (κ3) is 3.03. The Kier molecular flexibility index (Phi) is 3.78. The van der Waals surface area contributed by atoms with Gasteiger partial charge in [-0.05, 0) is 18.2 Å². The van der Waals surface area contributed by atoms with Crippen LogP contribution in [-0.2, 0) is 0 Å². The van der Waals surface area contributed by atoms with Gasteiger partial charge in [0.15, 0.2) is 11.5 Å². The van der Waals surface area contributed by atoms with Gasteiger partial charge in [-0.15, -0.1) is 0 Å². The highest BCUT2D eigenvalue weighted by Gasteiger charge is 2.28. The summed E-state index contributed by atoms with van der Waals surface area (Å²) in [6.45, 7) is 1.32. The van der Waals surface area contributed by atoms with Crippen LogP contribution < -0.4 is 19.5 Å². The van der Waals surface area contributed by atoms with Gasteiger partial charge in [0.25, 0.3) is 0 Å². The first-order valence-corrected chi connectivity index (χ1v) is 7.67. The third-order valence-corrected chi connectivity index (χ3v) is 3.87. The molecule has 1 unspecified atom stereocenters. The molecule has 2 amide bonds. The minimum Gasteiger partial charge on any atom is -0.458 e. The third-order valence-electron chi connectivity index (χ3n) is 3.87. The van der Waals surface area contributed by atoms with E-state index in [1.807, 2.05) is 0 Å². The van der Waals surface area contributed by atoms with Crippen molar-refractivity contribution in [1.82, 2.24) is 14.9 Å². The standard InChI is InChI=1S/C16H16N4O4/c21-16(19-11-2-3-13-14(8-11)23-10-22-13)20-7-4-12(9-20)24-15-17-5-1-6-18-15/h1-3,5-6,8,12H,4,7,9-10H2,(H,19,21). The number of likely N-dealkylation sites (tertiary alicyclic amines) is 1. The van der Waals surface area contributed by atoms with Crippen LogP contribution in [-0.4, -0.2) is 46.9 Å². The lowest BCUT2D eigenvalue weighted by atomic mass is 10.3. The van der Waals surface area contributed by atoms with Crippen molar-refractivity contribution in [1.29, 1.82) is 0 Å². The number of nitrogens with zero attached hydrogens (tertiary/aromatic N) is 3. The van der Waals surface area contributed by atoms with Crippen molar-refractivity contribution in [3.63, 3.8) is 0 Å². The number of rotatable bonds is 3. The molecule has 4 rings (SSSR count). The predicted molar refractivity (Wildman–Crippen MR) is 84.2 cm³/mol. The fraction of sp³-hybridized carbons (Fsp3) is 0.312. The zero-order chi connectivity index (χ0) is 16.4. The first-order valence-electron chi connectivity index (χ1n) is 7.67. The Balaban J connectivity index is 1.34. The number of nitrogens with one attached hydrogen (secondary N) is 1. The second-order valence-corrected chi connectivity index (χ2v) is 5.50. The molecule has 1 atom stereocenters. The highest BCUT2D eigenvalue weighted by Crippen LogP contribution is 2.34. The zero-order valence-electron chi connectivity index (χ0n) is 12.8. The number of carbonyl (C=O) groups excluding carboxylic acids is 1. The van der Waals surface area contributed by atoms with Gasteiger partial charge in [0.2, 0.25) is 6.79 Å². The van der Waals surface area contributed by atoms with Gasteiger partial charge in [0, 0.05) is 37.1 Å². The van der Waals surface area contributed by atoms with E-state index >= 15 is 0 Å². The van der Waals surface area contributed by atoms with E-state index in [0.717, 1.165) is 6.42 Å². The van der Waals surface area contributed by atoms with Crippen molar-refractivity contribution < 1.29 is 19.0 Å². The van der Waals surface area contributed by atoms with E-state index < -0.39 is 0 Å². The summed E-state index contributed by atoms with van der Waals surface area (Å²) in [5, 5.41) is 2.86. The zero-order valence-corrected chi connectivity index (χ0v) is 12.8. The molecule has 0 saturated carbocycles. The van der Waals surface area contributed by atoms with Crippen LogP contribution in [0.5, 0.6) is 17.5 Å². The maximum atomic E-state index is 12.4. The lowest BCUT2D eigenvalue weighted by Gasteiger charge is -2.17. The second-order valence-electron chi connectivity index (χ2n) is 5.50. The minimum absolute atomic E-state index is 0.102. The Hall–Kier alpha value is -3.03. The lowest BCUT2D eigenvalue weighted by molar-refractivity contribution is 0.174. The van der Waals surface area contributed by atoms with Gasteiger partial charge in [-0.25, -0.2) is 14.8 Å². The molecule has 3 heterocycles. The van der Waals surface area contributed by atoms with Crippen LogP contribution in [0.25, 0.3) is 0 Å². The maximum Gasteiger partial charge on any atom is 0.321 e. The Morgan fingerprint density at radius 1 is 1.25 bits per heavy atom. The first-order chi connectivity index (χ1) is 11.8. The van der Waals surface area contributed by atoms with E-state index in [0.29, 0.717) is 36.3 Å². The molecule has 24 heavy (non-hydrogen) atoms. The van der Waals surface area contributed by atoms with Gasteiger partial charge in [-0.1, -0.05) is 0 Å². The number of hydrogen-bond donors (Lipinski definition) is 1. The summed E-state index contributed by atoms with van der Waals surface area (Å²) in [5.74, 6) is 1.32. The number of carbonyl (C=O) groups is 1. The Bertz CT molecular complexity index is 740. The fourth-order valence-corrected chi connectivity index (χ4v) is 2.68. The van der Waals surface area contributed by atoms with Crippen molar-refractivity contribution in [2.24, 2.45) is 0 Å². The van der Waals surface area contributed by atoms with Crippen LogP contribution in [0, 0.1) is 0 Å². The highest BCUT2D eigenvalue weighted by molar-refractivity contribution is 5.90. The summed E-state index contributed by atoms with van der Waals surface area (Å²) >= 11 is 0. The SMILES string of the molecule is O=C(Nc1ccc2c(c1)OCO2)N1CCC(Oc2ncccn2)C1. The molecular formula is C16H16N4O4. The van der Waals surface area contributed by atoms with Crippen LogP contribution in [0.1, 0.15) is 6.42 Å². The van der Waals surface area contributed by atoms with Gasteiger partial charge in [-0.2, -0.15) is 0 Å². The normalized spacial score (nSPS) is 18.5. The smallest absolute Gasteiger partial charge is 0.321 e. The van der Waals surface area contributed by atoms with E-state index in [-0.39, 0.29) is 18.9 Å². The van der Waals surface area contributed by atoms with E-state index in [4.69, 9.17) is 14.2 Å². The van der Waals surface area contributed by atoms with Gasteiger partial charge < -0.3 is 24.4 Å². The molecule has 0 bridgehead atoms. The highest BCUT2D eigenvalue weighted by atomic mass is 16.7. The number of aromatic nitrogens is 2. The molecule has 2 aromatic rings. The molecule has 124 valence electrons. The van der Waals surface area contributed by atoms with E-state index in [2.05, 4.69) is 15.3 Å². The molecule has 0 aliphatic carbocycles. The molecule has 1 aromatic carbocycles. The number of ether oxygens (including phenoxy) is 3. The summed E-state index contributed by atoms with van der Waals surface area (Å²) in [4.78, 5) is 22.1. The average Bonchev–Trinajstić information content (AvgIpc) is 3.24. The minimum atomic E-state index is -0.172. The Morgan fingerprint density at radius 3 is 2.96 bits per heavy atom. The molecule has 1 aromatic heterocycles. The van der Waals surface area contributed by atoms with Crippen molar-refractivity contribution >= 4 is 11.7 Å². The summed E-state index contributed by atoms with van der Waals surface area (Å²) in [5.41, 5.74) is 0.667. The van der Waals surface area contributed by atoms with Crippen molar-refractivity contribution in [3.05, 3.63) is 36.7 Å². The average molecular weight is 328 g/mol. The topological polar surface area (TPSA) is 85.8 Å². The Labute approximate surface area is 138 Å². The van der Waals surface area contributed by atoms with Gasteiger partial charge in [0.05, 0.1) is 6.54 Å². The Morgan fingerprint density at radius 2 is 2.08 bits per heavy atom. The number of benzene rings is 1. The van der Waals surface area contributed by atoms with Crippen molar-refractivity contribution in [2.45, 2.75) is 12.5 Å². The molecule has 2 aliphatic rings. The van der Waals surface area contributed by atoms with E-state index in [1.54, 1.807) is 41.6 Å². The van der Waals surface area contributed by atoms with Crippen LogP contribution >= 0.6 is 0 Å². The molecule has 0 radical (unpaired) electrons. The lowest BCUT2D eigenvalue weighted by Crippen LogP contribution is -2.34. The largest absolute Gasteiger partial charge is 0.458 e. The molecule has 0 spiro atoms. The van der Waals surface area contributed by atoms with Crippen LogP contribution in [0.3, 0.4) is 0 Å². The second kappa shape index (κ2) is 6.23. The van der Waals surface area contributed by atoms with E-state index in [9.17, 15) is 4.79 Å². The van der Waals surface area contributed by atoms with Crippen LogP contribution in [0.4, 0.5) is 10.5 Å². The first kappa shape index (κ1) is 14.6. The molecule has 2 aliphatic heterocycles. The van der Waals surface area contributed by atoms with E-state index in [1.165, 1.54) is 0 Å². The summed E-state index contributed by atoms with van der Waals surface area (Å²) < 4.78 is 16.2. The maximum absolute atomic E-state index is 12.4. The predicted octanol–water partition coefficient (Wildman–Crippen LogP) is 1.89. The van der Waals surface area contributed by atoms with Crippen molar-refractivity contribution in [2.75, 3.05) is 25.2 Å². The number of urea groups is 1. The van der Waals surface area contributed by atoms with Gasteiger partial charge in [-0.3, -0.25) is 0 Å². The molecule has 1 fully saturated rings. The monoisotopic (exact) mass is 328 g/mol. The van der Waals surface area contributed by atoms with Crippen LogP contribution in [0.2, 0.25) is 0 Å². The number of hydrogen-bond acceptors (Lipinski definition) is 6. The number of fused-ring (bicyclic) bond motifs is 1. The molecule has 8 heteroatoms. The summed E-state index contributed by atoms with van der Waals surface area (Å²) in [6.07, 6.45) is 3.89. The number of anilines is 1. The quantitative estimate of drug-likeness (QED) is 0.926. The van der Waals surface area contributed by atoms with Crippen molar-refractivity contribution in [3.8, 4) is 17.5 Å². The van der Waals surface area contributed by atoms with Gasteiger partial charge in [0.1, 0.15) is 6.10 Å². The number of amides is 2. The molecule has 1 saturated heterocycles. The van der Waals surface area contributed by atoms with Gasteiger partial charge >= 0.3 is 12.0 Å². The molecule has 8 nitrogen and oxygen atoms in total. The fourth-order valence-electron chi connectivity index (χ4n) is 2.68. The van der Waals surface area contributed by atoms with Crippen LogP contribution in [0.15, 0.2) is 36.7 Å². The summed E-state index contributed by atoms with van der Waals surface area (Å²) in [7, 11) is 0. The molecular weight excluding hydrogens is 312 g/mol.